The molecule has 1 aliphatic rings. The Hall–Kier alpha value is -1.63. The summed E-state index contributed by atoms with van der Waals surface area (Å²) in [5, 5.41) is 10.6. The number of piperidine rings is 1. The predicted molar refractivity (Wildman–Crippen MR) is 125 cm³/mol. The van der Waals surface area contributed by atoms with Gasteiger partial charge in [0.25, 0.3) is 0 Å². The van der Waals surface area contributed by atoms with Crippen molar-refractivity contribution < 1.29 is 5.11 Å². The van der Waals surface area contributed by atoms with E-state index in [2.05, 4.69) is 64.5 Å². The molecule has 0 amide bonds. The molecule has 1 saturated heterocycles. The third kappa shape index (κ3) is 4.03. The fourth-order valence-corrected chi connectivity index (χ4v) is 5.09. The lowest BCUT2D eigenvalue weighted by Crippen LogP contribution is -2.35. The Labute approximate surface area is 186 Å². The lowest BCUT2D eigenvalue weighted by Gasteiger charge is -2.32. The summed E-state index contributed by atoms with van der Waals surface area (Å²) in [6.45, 7) is 10.5. The fraction of sp³-hybridized carbons (Fsp3) is 0.455. The van der Waals surface area contributed by atoms with Crippen LogP contribution in [0.5, 0.6) is 0 Å². The number of rotatable bonds is 3. The fourth-order valence-electron chi connectivity index (χ4n) is 4.40. The van der Waals surface area contributed by atoms with E-state index in [1.165, 1.54) is 22.4 Å². The third-order valence-corrected chi connectivity index (χ3v) is 6.25. The van der Waals surface area contributed by atoms with Gasteiger partial charge in [0.05, 0.1) is 11.1 Å². The summed E-state index contributed by atoms with van der Waals surface area (Å²) in [6, 6.07) is 4.30. The third-order valence-electron chi connectivity index (χ3n) is 5.80. The number of aryl methyl sites for hydroxylation is 4. The molecular weight excluding hydrogens is 452 g/mol. The molecule has 2 aromatic heterocycles. The van der Waals surface area contributed by atoms with Crippen LogP contribution in [0.3, 0.4) is 0 Å². The highest BCUT2D eigenvalue weighted by Crippen LogP contribution is 2.34. The molecule has 0 saturated carbocycles. The van der Waals surface area contributed by atoms with Crippen molar-refractivity contribution in [2.75, 3.05) is 24.6 Å². The number of fused-ring (bicyclic) bond motifs is 1. The lowest BCUT2D eigenvalue weighted by atomic mass is 9.98. The minimum absolute atomic E-state index is 0. The van der Waals surface area contributed by atoms with Gasteiger partial charge in [-0.2, -0.15) is 0 Å². The molecule has 1 N–H and O–H groups in total. The van der Waals surface area contributed by atoms with Gasteiger partial charge in [-0.1, -0.05) is 15.9 Å². The van der Waals surface area contributed by atoms with E-state index in [1.807, 2.05) is 6.92 Å². The van der Waals surface area contributed by atoms with Crippen molar-refractivity contribution in [3.05, 3.63) is 45.3 Å². The van der Waals surface area contributed by atoms with E-state index in [-0.39, 0.29) is 19.0 Å². The number of aliphatic hydroxyl groups is 1. The molecule has 3 aromatic rings. The summed E-state index contributed by atoms with van der Waals surface area (Å²) in [5.74, 6) is 2.23. The first kappa shape index (κ1) is 22.1. The van der Waals surface area contributed by atoms with E-state index < -0.39 is 0 Å². The van der Waals surface area contributed by atoms with Crippen LogP contribution < -0.4 is 4.90 Å². The largest absolute Gasteiger partial charge is 0.396 e. The number of benzene rings is 1. The Bertz CT molecular complexity index is 1020. The van der Waals surface area contributed by atoms with Gasteiger partial charge in [0, 0.05) is 30.4 Å². The van der Waals surface area contributed by atoms with Gasteiger partial charge in [-0.15, -0.1) is 12.4 Å². The zero-order valence-electron chi connectivity index (χ0n) is 17.4. The maximum absolute atomic E-state index is 9.46. The normalized spacial score (nSPS) is 15.0. The molecule has 1 aromatic carbocycles. The van der Waals surface area contributed by atoms with Crippen molar-refractivity contribution in [1.29, 1.82) is 0 Å². The molecule has 3 heterocycles. The van der Waals surface area contributed by atoms with E-state index in [0.717, 1.165) is 53.1 Å². The van der Waals surface area contributed by atoms with Crippen molar-refractivity contribution in [3.8, 4) is 5.69 Å². The second-order valence-corrected chi connectivity index (χ2v) is 8.89. The van der Waals surface area contributed by atoms with Crippen LogP contribution in [0, 0.1) is 33.6 Å². The molecule has 1 aliphatic heterocycles. The van der Waals surface area contributed by atoms with Crippen molar-refractivity contribution >= 4 is 45.2 Å². The zero-order chi connectivity index (χ0) is 20.0. The number of nitrogens with zero attached hydrogens (tertiary/aromatic N) is 4. The molecular formula is C22H28BrClN4O. The van der Waals surface area contributed by atoms with Crippen LogP contribution in [0.4, 0.5) is 5.82 Å². The van der Waals surface area contributed by atoms with Gasteiger partial charge in [0.15, 0.2) is 5.65 Å². The molecule has 7 heteroatoms. The van der Waals surface area contributed by atoms with Gasteiger partial charge >= 0.3 is 0 Å². The maximum atomic E-state index is 9.46. The second-order valence-electron chi connectivity index (χ2n) is 7.98. The highest BCUT2D eigenvalue weighted by atomic mass is 79.9. The molecule has 0 radical (unpaired) electrons. The van der Waals surface area contributed by atoms with Crippen LogP contribution in [-0.2, 0) is 0 Å². The van der Waals surface area contributed by atoms with E-state index in [1.54, 1.807) is 0 Å². The predicted octanol–water partition coefficient (Wildman–Crippen LogP) is 5.05. The molecule has 29 heavy (non-hydrogen) atoms. The number of aromatic nitrogens is 3. The van der Waals surface area contributed by atoms with Crippen LogP contribution >= 0.6 is 28.3 Å². The number of hydrogen-bond donors (Lipinski definition) is 1. The van der Waals surface area contributed by atoms with Gasteiger partial charge in [0.1, 0.15) is 11.6 Å². The van der Waals surface area contributed by atoms with Crippen LogP contribution in [0.25, 0.3) is 16.7 Å². The molecule has 0 unspecified atom stereocenters. The summed E-state index contributed by atoms with van der Waals surface area (Å²) in [5.41, 5.74) is 5.77. The monoisotopic (exact) mass is 478 g/mol. The molecule has 1 fully saturated rings. The van der Waals surface area contributed by atoms with Crippen LogP contribution in [0.2, 0.25) is 0 Å². The Morgan fingerprint density at radius 1 is 1.03 bits per heavy atom. The SMILES string of the molecule is Cc1nc(N2CCC(CO)CC2)c2c(C)cn(-c3c(C)cc(Br)cc3C)c2n1.Cl. The summed E-state index contributed by atoms with van der Waals surface area (Å²) in [6.07, 6.45) is 4.20. The molecule has 0 bridgehead atoms. The van der Waals surface area contributed by atoms with E-state index in [9.17, 15) is 5.11 Å². The van der Waals surface area contributed by atoms with Crippen LogP contribution in [-0.4, -0.2) is 39.3 Å². The quantitative estimate of drug-likeness (QED) is 0.571. The molecule has 0 atom stereocenters. The number of anilines is 1. The summed E-state index contributed by atoms with van der Waals surface area (Å²) < 4.78 is 3.32. The second kappa shape index (κ2) is 8.62. The Morgan fingerprint density at radius 2 is 1.66 bits per heavy atom. The molecule has 156 valence electrons. The minimum atomic E-state index is 0. The Balaban J connectivity index is 0.00000240. The number of aliphatic hydroxyl groups excluding tert-OH is 1. The standard InChI is InChI=1S/C22H27BrN4O.ClH/c1-13-9-18(23)10-14(2)20(13)27-11-15(3)19-21(24-16(4)25-22(19)27)26-7-5-17(12-28)6-8-26;/h9-11,17,28H,5-8,12H2,1-4H3;1H. The van der Waals surface area contributed by atoms with Crippen molar-refractivity contribution in [3.63, 3.8) is 0 Å². The lowest BCUT2D eigenvalue weighted by molar-refractivity contribution is 0.203. The summed E-state index contributed by atoms with van der Waals surface area (Å²) >= 11 is 3.60. The van der Waals surface area contributed by atoms with E-state index >= 15 is 0 Å². The van der Waals surface area contributed by atoms with Gasteiger partial charge < -0.3 is 14.6 Å². The average molecular weight is 480 g/mol. The minimum Gasteiger partial charge on any atom is -0.396 e. The first-order chi connectivity index (χ1) is 13.4. The van der Waals surface area contributed by atoms with Crippen molar-refractivity contribution in [2.24, 2.45) is 5.92 Å². The first-order valence-corrected chi connectivity index (χ1v) is 10.7. The molecule has 4 rings (SSSR count). The molecule has 0 aliphatic carbocycles. The zero-order valence-corrected chi connectivity index (χ0v) is 19.8. The van der Waals surface area contributed by atoms with Gasteiger partial charge in [0.2, 0.25) is 0 Å². The topological polar surface area (TPSA) is 54.2 Å². The van der Waals surface area contributed by atoms with E-state index in [4.69, 9.17) is 9.97 Å². The Morgan fingerprint density at radius 3 is 2.24 bits per heavy atom. The average Bonchev–Trinajstić information content (AvgIpc) is 2.96. The summed E-state index contributed by atoms with van der Waals surface area (Å²) in [7, 11) is 0. The van der Waals surface area contributed by atoms with Crippen molar-refractivity contribution in [1.82, 2.24) is 14.5 Å². The highest BCUT2D eigenvalue weighted by molar-refractivity contribution is 9.10. The molecule has 5 nitrogen and oxygen atoms in total. The first-order valence-electron chi connectivity index (χ1n) is 9.88. The number of hydrogen-bond acceptors (Lipinski definition) is 4. The molecule has 0 spiro atoms. The van der Waals surface area contributed by atoms with Crippen LogP contribution in [0.15, 0.2) is 22.8 Å². The smallest absolute Gasteiger partial charge is 0.150 e. The summed E-state index contributed by atoms with van der Waals surface area (Å²) in [4.78, 5) is 12.0. The maximum Gasteiger partial charge on any atom is 0.150 e. The highest BCUT2D eigenvalue weighted by Gasteiger charge is 2.24. The van der Waals surface area contributed by atoms with Crippen LogP contribution in [0.1, 0.15) is 35.4 Å². The van der Waals surface area contributed by atoms with Crippen molar-refractivity contribution in [2.45, 2.75) is 40.5 Å². The van der Waals surface area contributed by atoms with Gasteiger partial charge in [-0.25, -0.2) is 9.97 Å². The van der Waals surface area contributed by atoms with Gasteiger partial charge in [-0.3, -0.25) is 0 Å². The van der Waals surface area contributed by atoms with E-state index in [0.29, 0.717) is 5.92 Å². The van der Waals surface area contributed by atoms with Gasteiger partial charge in [-0.05, 0) is 75.3 Å². The Kier molecular flexibility index (Phi) is 6.56. The number of halogens is 2.